The van der Waals surface area contributed by atoms with Crippen LogP contribution in [0.2, 0.25) is 0 Å². The number of hydrogen-bond acceptors (Lipinski definition) is 3. The smallest absolute Gasteiger partial charge is 0.416 e. The van der Waals surface area contributed by atoms with Crippen LogP contribution in [0.4, 0.5) is 18.9 Å². The minimum Gasteiger partial charge on any atom is -0.490 e. The second-order valence-electron chi connectivity index (χ2n) is 7.15. The van der Waals surface area contributed by atoms with Crippen LogP contribution in [-0.4, -0.2) is 36.3 Å². The second-order valence-corrected chi connectivity index (χ2v) is 7.56. The van der Waals surface area contributed by atoms with Gasteiger partial charge >= 0.3 is 6.18 Å². The SMILES string of the molecule is CN1CCC(Oc2ccc(CNC(=S)Nc3cccc(C(F)(F)F)c3)cc2)CC1. The Bertz CT molecular complexity index is 819. The number of nitrogens with one attached hydrogen (secondary N) is 2. The Morgan fingerprint density at radius 1 is 1.14 bits per heavy atom. The first kappa shape index (κ1) is 21.4. The van der Waals surface area contributed by atoms with Crippen molar-refractivity contribution >= 4 is 23.0 Å². The van der Waals surface area contributed by atoms with Crippen molar-refractivity contribution in [2.24, 2.45) is 0 Å². The summed E-state index contributed by atoms with van der Waals surface area (Å²) in [7, 11) is 2.12. The molecule has 0 aliphatic carbocycles. The molecule has 2 aromatic rings. The Hall–Kier alpha value is -2.32. The summed E-state index contributed by atoms with van der Waals surface area (Å²) in [5, 5.41) is 6.05. The van der Waals surface area contributed by atoms with Gasteiger partial charge < -0.3 is 20.3 Å². The summed E-state index contributed by atoms with van der Waals surface area (Å²) in [6.07, 6.45) is -2.09. The number of hydrogen-bond donors (Lipinski definition) is 2. The Morgan fingerprint density at radius 3 is 2.48 bits per heavy atom. The third-order valence-electron chi connectivity index (χ3n) is 4.79. The molecule has 1 aliphatic rings. The van der Waals surface area contributed by atoms with Gasteiger partial charge in [-0.15, -0.1) is 0 Å². The molecule has 4 nitrogen and oxygen atoms in total. The number of piperidine rings is 1. The number of likely N-dealkylation sites (tertiary alicyclic amines) is 1. The first-order valence-corrected chi connectivity index (χ1v) is 9.87. The summed E-state index contributed by atoms with van der Waals surface area (Å²) < 4.78 is 44.4. The van der Waals surface area contributed by atoms with Crippen molar-refractivity contribution in [3.8, 4) is 5.75 Å². The maximum atomic E-state index is 12.8. The number of halogens is 3. The third-order valence-corrected chi connectivity index (χ3v) is 5.04. The lowest BCUT2D eigenvalue weighted by Crippen LogP contribution is -2.35. The van der Waals surface area contributed by atoms with Crippen LogP contribution in [0, 0.1) is 0 Å². The van der Waals surface area contributed by atoms with E-state index in [-0.39, 0.29) is 11.2 Å². The highest BCUT2D eigenvalue weighted by Crippen LogP contribution is 2.30. The molecule has 0 aromatic heterocycles. The predicted octanol–water partition coefficient (Wildman–Crippen LogP) is 4.67. The molecule has 29 heavy (non-hydrogen) atoms. The molecule has 1 heterocycles. The molecule has 0 amide bonds. The third kappa shape index (κ3) is 6.61. The molecule has 3 rings (SSSR count). The molecule has 1 aliphatic heterocycles. The van der Waals surface area contributed by atoms with E-state index in [0.717, 1.165) is 49.4 Å². The summed E-state index contributed by atoms with van der Waals surface area (Å²) in [4.78, 5) is 2.30. The van der Waals surface area contributed by atoms with E-state index in [2.05, 4.69) is 22.6 Å². The zero-order valence-electron chi connectivity index (χ0n) is 16.1. The van der Waals surface area contributed by atoms with Crippen LogP contribution >= 0.6 is 12.2 Å². The van der Waals surface area contributed by atoms with E-state index in [1.807, 2.05) is 24.3 Å². The lowest BCUT2D eigenvalue weighted by molar-refractivity contribution is -0.137. The number of nitrogens with zero attached hydrogens (tertiary/aromatic N) is 1. The Morgan fingerprint density at radius 2 is 1.83 bits per heavy atom. The van der Waals surface area contributed by atoms with E-state index < -0.39 is 11.7 Å². The van der Waals surface area contributed by atoms with E-state index >= 15 is 0 Å². The van der Waals surface area contributed by atoms with E-state index in [9.17, 15) is 13.2 Å². The Balaban J connectivity index is 1.47. The number of benzene rings is 2. The number of thiocarbonyl (C=S) groups is 1. The first-order valence-electron chi connectivity index (χ1n) is 9.46. The molecule has 2 N–H and O–H groups in total. The molecule has 8 heteroatoms. The number of alkyl halides is 3. The van der Waals surface area contributed by atoms with Crippen LogP contribution in [0.5, 0.6) is 5.75 Å². The van der Waals surface area contributed by atoms with Crippen molar-refractivity contribution in [1.82, 2.24) is 10.2 Å². The van der Waals surface area contributed by atoms with Crippen LogP contribution < -0.4 is 15.4 Å². The molecule has 0 saturated carbocycles. The molecular weight excluding hydrogens is 399 g/mol. The minimum atomic E-state index is -4.38. The molecule has 2 aromatic carbocycles. The monoisotopic (exact) mass is 423 g/mol. The molecule has 0 radical (unpaired) electrons. The summed E-state index contributed by atoms with van der Waals surface area (Å²) in [5.74, 6) is 0.841. The zero-order chi connectivity index (χ0) is 20.9. The van der Waals surface area contributed by atoms with E-state index in [0.29, 0.717) is 12.2 Å². The van der Waals surface area contributed by atoms with Crippen molar-refractivity contribution in [2.75, 3.05) is 25.5 Å². The average Bonchev–Trinajstić information content (AvgIpc) is 2.69. The summed E-state index contributed by atoms with van der Waals surface area (Å²) in [6, 6.07) is 12.7. The predicted molar refractivity (Wildman–Crippen MR) is 112 cm³/mol. The number of rotatable bonds is 5. The highest BCUT2D eigenvalue weighted by atomic mass is 32.1. The van der Waals surface area contributed by atoms with Gasteiger partial charge in [0.2, 0.25) is 0 Å². The summed E-state index contributed by atoms with van der Waals surface area (Å²) in [6.45, 7) is 2.55. The lowest BCUT2D eigenvalue weighted by atomic mass is 10.1. The van der Waals surface area contributed by atoms with Crippen LogP contribution in [0.3, 0.4) is 0 Å². The minimum absolute atomic E-state index is 0.249. The molecule has 0 unspecified atom stereocenters. The highest BCUT2D eigenvalue weighted by Gasteiger charge is 2.30. The topological polar surface area (TPSA) is 36.5 Å². The fourth-order valence-corrected chi connectivity index (χ4v) is 3.30. The summed E-state index contributed by atoms with van der Waals surface area (Å²) in [5.41, 5.74) is 0.568. The quantitative estimate of drug-likeness (QED) is 0.684. The van der Waals surface area contributed by atoms with Gasteiger partial charge in [-0.3, -0.25) is 0 Å². The fourth-order valence-electron chi connectivity index (χ4n) is 3.11. The van der Waals surface area contributed by atoms with Crippen LogP contribution in [-0.2, 0) is 12.7 Å². The van der Waals surface area contributed by atoms with Gasteiger partial charge in [-0.1, -0.05) is 18.2 Å². The van der Waals surface area contributed by atoms with Crippen molar-refractivity contribution in [3.05, 3.63) is 59.7 Å². The van der Waals surface area contributed by atoms with E-state index in [1.54, 1.807) is 6.07 Å². The normalized spacial score (nSPS) is 15.7. The summed E-state index contributed by atoms with van der Waals surface area (Å²) >= 11 is 5.18. The van der Waals surface area contributed by atoms with Crippen LogP contribution in [0.15, 0.2) is 48.5 Å². The molecule has 0 bridgehead atoms. The number of ether oxygens (including phenoxy) is 1. The van der Waals surface area contributed by atoms with Crippen molar-refractivity contribution in [1.29, 1.82) is 0 Å². The van der Waals surface area contributed by atoms with Gasteiger partial charge in [-0.05, 0) is 68.0 Å². The Kier molecular flexibility index (Phi) is 6.97. The highest BCUT2D eigenvalue weighted by molar-refractivity contribution is 7.80. The first-order chi connectivity index (χ1) is 13.8. The van der Waals surface area contributed by atoms with Gasteiger partial charge in [0.15, 0.2) is 5.11 Å². The largest absolute Gasteiger partial charge is 0.490 e. The molecule has 0 atom stereocenters. The maximum Gasteiger partial charge on any atom is 0.416 e. The second kappa shape index (κ2) is 9.45. The van der Waals surface area contributed by atoms with Gasteiger partial charge in [-0.2, -0.15) is 13.2 Å². The van der Waals surface area contributed by atoms with Crippen molar-refractivity contribution < 1.29 is 17.9 Å². The molecular formula is C21H24F3N3OS. The van der Waals surface area contributed by atoms with Gasteiger partial charge in [0.05, 0.1) is 5.56 Å². The average molecular weight is 424 g/mol. The van der Waals surface area contributed by atoms with E-state index in [1.165, 1.54) is 6.07 Å². The van der Waals surface area contributed by atoms with Gasteiger partial charge in [0.1, 0.15) is 11.9 Å². The van der Waals surface area contributed by atoms with Crippen LogP contribution in [0.25, 0.3) is 0 Å². The number of anilines is 1. The van der Waals surface area contributed by atoms with Gasteiger partial charge in [0.25, 0.3) is 0 Å². The van der Waals surface area contributed by atoms with Gasteiger partial charge in [0, 0.05) is 25.3 Å². The standard InChI is InChI=1S/C21H24F3N3OS/c1-27-11-9-19(10-12-27)28-18-7-5-15(6-8-18)14-25-20(29)26-17-4-2-3-16(13-17)21(22,23)24/h2-8,13,19H,9-12,14H2,1H3,(H2,25,26,29). The maximum absolute atomic E-state index is 12.8. The van der Waals surface area contributed by atoms with Crippen molar-refractivity contribution in [3.63, 3.8) is 0 Å². The van der Waals surface area contributed by atoms with Crippen molar-refractivity contribution in [2.45, 2.75) is 31.7 Å². The zero-order valence-corrected chi connectivity index (χ0v) is 16.9. The molecule has 1 fully saturated rings. The fraction of sp³-hybridized carbons (Fsp3) is 0.381. The lowest BCUT2D eigenvalue weighted by Gasteiger charge is -2.29. The van der Waals surface area contributed by atoms with Crippen LogP contribution in [0.1, 0.15) is 24.0 Å². The van der Waals surface area contributed by atoms with Gasteiger partial charge in [-0.25, -0.2) is 0 Å². The molecule has 1 saturated heterocycles. The van der Waals surface area contributed by atoms with E-state index in [4.69, 9.17) is 17.0 Å². The molecule has 0 spiro atoms. The Labute approximate surface area is 174 Å². The molecule has 156 valence electrons.